The Balaban J connectivity index is 1.56. The topological polar surface area (TPSA) is 60.5 Å². The third-order valence-electron chi connectivity index (χ3n) is 5.75. The Morgan fingerprint density at radius 1 is 0.917 bits per heavy atom. The lowest BCUT2D eigenvalue weighted by Crippen LogP contribution is -2.30. The maximum atomic E-state index is 13.6. The number of furan rings is 1. The van der Waals surface area contributed by atoms with Crippen LogP contribution in [0, 0.1) is 6.92 Å². The average Bonchev–Trinajstić information content (AvgIpc) is 3.53. The van der Waals surface area contributed by atoms with Crippen LogP contribution in [-0.2, 0) is 13.1 Å². The maximum Gasteiger partial charge on any atom is 0.254 e. The fourth-order valence-electron chi connectivity index (χ4n) is 3.93. The molecule has 2 aromatic heterocycles. The summed E-state index contributed by atoms with van der Waals surface area (Å²) in [6.07, 6.45) is 1.60. The summed E-state index contributed by atoms with van der Waals surface area (Å²) in [5.74, 6) is 1.76. The molecule has 36 heavy (non-hydrogen) atoms. The van der Waals surface area contributed by atoms with E-state index in [2.05, 4.69) is 0 Å². The van der Waals surface area contributed by atoms with Gasteiger partial charge in [-0.25, -0.2) is 4.68 Å². The lowest BCUT2D eigenvalue weighted by atomic mass is 10.1. The fraction of sp³-hybridized carbons (Fsp3) is 0.103. The van der Waals surface area contributed by atoms with Crippen molar-refractivity contribution in [3.05, 3.63) is 131 Å². The molecule has 1 amide bonds. The van der Waals surface area contributed by atoms with Gasteiger partial charge in [0.05, 0.1) is 36.3 Å². The van der Waals surface area contributed by atoms with E-state index in [-0.39, 0.29) is 19.0 Å². The highest BCUT2D eigenvalue weighted by atomic mass is 35.5. The molecule has 0 aliphatic carbocycles. The number of para-hydroxylation sites is 2. The predicted molar refractivity (Wildman–Crippen MR) is 139 cm³/mol. The number of aryl methyl sites for hydroxylation is 1. The number of ether oxygens (including phenoxy) is 1. The molecule has 3 aromatic carbocycles. The Hall–Kier alpha value is -4.29. The molecule has 0 spiro atoms. The minimum atomic E-state index is -0.152. The molecule has 0 saturated carbocycles. The zero-order valence-corrected chi connectivity index (χ0v) is 20.4. The summed E-state index contributed by atoms with van der Waals surface area (Å²) in [5, 5.41) is 5.36. The number of carbonyl (C=O) groups is 1. The monoisotopic (exact) mass is 497 g/mol. The summed E-state index contributed by atoms with van der Waals surface area (Å²) in [7, 11) is 0. The molecule has 2 heterocycles. The van der Waals surface area contributed by atoms with Crippen molar-refractivity contribution in [1.82, 2.24) is 14.7 Å². The molecule has 6 nitrogen and oxygen atoms in total. The number of hydrogen-bond donors (Lipinski definition) is 0. The van der Waals surface area contributed by atoms with E-state index in [1.165, 1.54) is 0 Å². The molecule has 0 atom stereocenters. The highest BCUT2D eigenvalue weighted by Crippen LogP contribution is 2.32. The van der Waals surface area contributed by atoms with Crippen LogP contribution in [0.2, 0.25) is 5.02 Å². The third-order valence-corrected chi connectivity index (χ3v) is 6.00. The quantitative estimate of drug-likeness (QED) is 0.230. The van der Waals surface area contributed by atoms with Crippen molar-refractivity contribution >= 4 is 17.5 Å². The van der Waals surface area contributed by atoms with Crippen LogP contribution in [0.5, 0.6) is 11.6 Å². The minimum absolute atomic E-state index is 0.152. The molecule has 180 valence electrons. The Labute approximate surface area is 214 Å². The molecule has 0 N–H and O–H groups in total. The summed E-state index contributed by atoms with van der Waals surface area (Å²) >= 11 is 6.05. The van der Waals surface area contributed by atoms with Gasteiger partial charge in [0.15, 0.2) is 0 Å². The molecular formula is C29H24ClN3O3. The van der Waals surface area contributed by atoms with E-state index in [4.69, 9.17) is 25.9 Å². The molecule has 0 unspecified atom stereocenters. The highest BCUT2D eigenvalue weighted by molar-refractivity contribution is 6.30. The van der Waals surface area contributed by atoms with Crippen LogP contribution in [0.1, 0.15) is 27.4 Å². The van der Waals surface area contributed by atoms with E-state index in [0.717, 1.165) is 16.9 Å². The van der Waals surface area contributed by atoms with Crippen molar-refractivity contribution in [1.29, 1.82) is 0 Å². The van der Waals surface area contributed by atoms with Gasteiger partial charge in [-0.15, -0.1) is 0 Å². The van der Waals surface area contributed by atoms with Crippen molar-refractivity contribution in [3.63, 3.8) is 0 Å². The van der Waals surface area contributed by atoms with Crippen molar-refractivity contribution in [2.45, 2.75) is 20.0 Å². The SMILES string of the molecule is Cc1nn(-c2ccccc2)c(Oc2ccccc2)c1CN(Cc1ccco1)C(=O)c1ccc(Cl)cc1. The van der Waals surface area contributed by atoms with Gasteiger partial charge in [-0.1, -0.05) is 48.0 Å². The standard InChI is InChI=1S/C29H24ClN3O3/c1-21-27(20-32(19-26-13-8-18-35-26)28(34)22-14-16-23(30)17-15-22)29(36-25-11-6-3-7-12-25)33(31-21)24-9-4-2-5-10-24/h2-18H,19-20H2,1H3. The number of benzene rings is 3. The number of nitrogens with zero attached hydrogens (tertiary/aromatic N) is 3. The first-order valence-electron chi connectivity index (χ1n) is 11.5. The van der Waals surface area contributed by atoms with Gasteiger partial charge in [0.1, 0.15) is 11.5 Å². The second-order valence-corrected chi connectivity index (χ2v) is 8.72. The van der Waals surface area contributed by atoms with Crippen LogP contribution in [-0.4, -0.2) is 20.6 Å². The maximum absolute atomic E-state index is 13.6. The number of carbonyl (C=O) groups excluding carboxylic acids is 1. The zero-order valence-electron chi connectivity index (χ0n) is 19.7. The first kappa shape index (κ1) is 23.5. The number of amides is 1. The van der Waals surface area contributed by atoms with E-state index in [0.29, 0.717) is 28.0 Å². The molecule has 0 aliphatic rings. The van der Waals surface area contributed by atoms with E-state index in [1.807, 2.05) is 79.7 Å². The normalized spacial score (nSPS) is 10.8. The minimum Gasteiger partial charge on any atom is -0.467 e. The fourth-order valence-corrected chi connectivity index (χ4v) is 4.05. The molecule has 5 rings (SSSR count). The van der Waals surface area contributed by atoms with Crippen molar-refractivity contribution in [2.24, 2.45) is 0 Å². The van der Waals surface area contributed by atoms with Crippen LogP contribution in [0.25, 0.3) is 5.69 Å². The smallest absolute Gasteiger partial charge is 0.254 e. The van der Waals surface area contributed by atoms with Crippen molar-refractivity contribution in [3.8, 4) is 17.3 Å². The zero-order chi connectivity index (χ0) is 24.9. The number of hydrogen-bond acceptors (Lipinski definition) is 4. The molecule has 0 saturated heterocycles. The van der Waals surface area contributed by atoms with Crippen LogP contribution in [0.4, 0.5) is 0 Å². The predicted octanol–water partition coefficient (Wildman–Crippen LogP) is 7.06. The molecular weight excluding hydrogens is 474 g/mol. The molecule has 5 aromatic rings. The highest BCUT2D eigenvalue weighted by Gasteiger charge is 2.25. The van der Waals surface area contributed by atoms with Gasteiger partial charge in [0.25, 0.3) is 5.91 Å². The van der Waals surface area contributed by atoms with Crippen LogP contribution in [0.15, 0.2) is 108 Å². The molecule has 0 bridgehead atoms. The molecule has 0 fully saturated rings. The number of aromatic nitrogens is 2. The van der Waals surface area contributed by atoms with E-state index in [1.54, 1.807) is 40.1 Å². The van der Waals surface area contributed by atoms with E-state index < -0.39 is 0 Å². The third kappa shape index (κ3) is 5.19. The first-order chi connectivity index (χ1) is 17.6. The Morgan fingerprint density at radius 3 is 2.28 bits per heavy atom. The summed E-state index contributed by atoms with van der Waals surface area (Å²) in [6.45, 7) is 2.47. The van der Waals surface area contributed by atoms with E-state index >= 15 is 0 Å². The van der Waals surface area contributed by atoms with Gasteiger partial charge >= 0.3 is 0 Å². The largest absolute Gasteiger partial charge is 0.467 e. The van der Waals surface area contributed by atoms with Gasteiger partial charge in [-0.05, 0) is 67.6 Å². The van der Waals surface area contributed by atoms with Crippen molar-refractivity contribution in [2.75, 3.05) is 0 Å². The Morgan fingerprint density at radius 2 is 1.61 bits per heavy atom. The summed E-state index contributed by atoms with van der Waals surface area (Å²) in [5.41, 5.74) is 2.96. The second kappa shape index (κ2) is 10.5. The van der Waals surface area contributed by atoms with Gasteiger partial charge in [-0.2, -0.15) is 5.10 Å². The van der Waals surface area contributed by atoms with Crippen LogP contribution < -0.4 is 4.74 Å². The first-order valence-corrected chi connectivity index (χ1v) is 11.9. The second-order valence-electron chi connectivity index (χ2n) is 8.28. The van der Waals surface area contributed by atoms with Gasteiger partial charge in [0.2, 0.25) is 5.88 Å². The van der Waals surface area contributed by atoms with Crippen molar-refractivity contribution < 1.29 is 13.9 Å². The number of halogens is 1. The van der Waals surface area contributed by atoms with Gasteiger partial charge < -0.3 is 14.1 Å². The molecule has 0 radical (unpaired) electrons. The Bertz CT molecular complexity index is 1430. The summed E-state index contributed by atoms with van der Waals surface area (Å²) in [6, 6.07) is 29.9. The van der Waals surface area contributed by atoms with Crippen LogP contribution in [0.3, 0.4) is 0 Å². The summed E-state index contributed by atoms with van der Waals surface area (Å²) < 4.78 is 13.7. The van der Waals surface area contributed by atoms with Gasteiger partial charge in [-0.3, -0.25) is 4.79 Å². The molecule has 0 aliphatic heterocycles. The van der Waals surface area contributed by atoms with Gasteiger partial charge in [0, 0.05) is 10.6 Å². The average molecular weight is 498 g/mol. The summed E-state index contributed by atoms with van der Waals surface area (Å²) in [4.78, 5) is 15.3. The number of rotatable bonds is 8. The molecule has 7 heteroatoms. The van der Waals surface area contributed by atoms with Crippen LogP contribution >= 0.6 is 11.6 Å². The van der Waals surface area contributed by atoms with E-state index in [9.17, 15) is 4.79 Å². The lowest BCUT2D eigenvalue weighted by molar-refractivity contribution is 0.0716. The Kier molecular flexibility index (Phi) is 6.87. The lowest BCUT2D eigenvalue weighted by Gasteiger charge is -2.22.